The second-order valence-corrected chi connectivity index (χ2v) is 2.20. The van der Waals surface area contributed by atoms with Crippen LogP contribution in [0.5, 0.6) is 0 Å². The van der Waals surface area contributed by atoms with Crippen LogP contribution >= 0.6 is 0 Å². The number of carbonyl (C=O) groups excluding carboxylic acids is 2. The predicted octanol–water partition coefficient (Wildman–Crippen LogP) is 1.32. The first-order valence-electron chi connectivity index (χ1n) is 4.47. The molecule has 0 heterocycles. The van der Waals surface area contributed by atoms with E-state index in [1.54, 1.807) is 0 Å². The molecule has 0 amide bonds. The molecule has 0 saturated carbocycles. The summed E-state index contributed by atoms with van der Waals surface area (Å²) in [5.41, 5.74) is 0. The van der Waals surface area contributed by atoms with Crippen molar-refractivity contribution in [3.63, 3.8) is 0 Å². The first-order valence-corrected chi connectivity index (χ1v) is 4.47. The molecule has 0 saturated heterocycles. The fourth-order valence-electron chi connectivity index (χ4n) is 0.552. The molecule has 8 nitrogen and oxygen atoms in total. The molecule has 0 bridgehead atoms. The van der Waals surface area contributed by atoms with Crippen LogP contribution in [0.1, 0.15) is 25.7 Å². The van der Waals surface area contributed by atoms with Crippen LogP contribution in [0.25, 0.3) is 0 Å². The van der Waals surface area contributed by atoms with Gasteiger partial charge in [-0.1, -0.05) is 0 Å². The van der Waals surface area contributed by atoms with Crippen LogP contribution < -0.4 is 0 Å². The van der Waals surface area contributed by atoms with Gasteiger partial charge >= 0.3 is 11.9 Å². The number of aliphatic carboxylic acids is 2. The average molecular weight is 260 g/mol. The van der Waals surface area contributed by atoms with Crippen LogP contribution in [-0.4, -0.2) is 34.3 Å². The molecular formula is C10H16N2O6. The van der Waals surface area contributed by atoms with Crippen molar-refractivity contribution in [2.24, 2.45) is 0 Å². The van der Waals surface area contributed by atoms with Gasteiger partial charge in [0, 0.05) is 12.8 Å². The minimum Gasteiger partial charge on any atom is -0.481 e. The van der Waals surface area contributed by atoms with Gasteiger partial charge < -0.3 is 10.2 Å². The molecule has 0 aromatic rings. The molecule has 18 heavy (non-hydrogen) atoms. The van der Waals surface area contributed by atoms with Crippen molar-refractivity contribution in [3.8, 4) is 0 Å². The summed E-state index contributed by atoms with van der Waals surface area (Å²) in [4.78, 5) is 36.5. The van der Waals surface area contributed by atoms with E-state index in [-0.39, 0.29) is 12.8 Å². The fourth-order valence-corrected chi connectivity index (χ4v) is 0.552. The molecule has 0 aliphatic heterocycles. The topological polar surface area (TPSA) is 156 Å². The van der Waals surface area contributed by atoms with E-state index in [1.807, 2.05) is 0 Å². The highest BCUT2D eigenvalue weighted by Crippen LogP contribution is 1.98. The highest BCUT2D eigenvalue weighted by molar-refractivity contribution is 5.67. The van der Waals surface area contributed by atoms with E-state index >= 15 is 0 Å². The molecule has 0 rings (SSSR count). The van der Waals surface area contributed by atoms with Crippen LogP contribution in [0, 0.1) is 10.8 Å². The SMILES string of the molecule is C=C.N=C=O.N=C=O.O=C(O)CCCCC(=O)O. The third-order valence-corrected chi connectivity index (χ3v) is 1.03. The molecule has 0 aliphatic carbocycles. The van der Waals surface area contributed by atoms with Gasteiger partial charge in [0.1, 0.15) is 0 Å². The summed E-state index contributed by atoms with van der Waals surface area (Å²) in [7, 11) is 0. The van der Waals surface area contributed by atoms with Gasteiger partial charge in [-0.3, -0.25) is 9.59 Å². The normalized spacial score (nSPS) is 6.22. The van der Waals surface area contributed by atoms with Crippen LogP contribution in [0.3, 0.4) is 0 Å². The van der Waals surface area contributed by atoms with Gasteiger partial charge in [0.05, 0.1) is 0 Å². The van der Waals surface area contributed by atoms with Crippen molar-refractivity contribution < 1.29 is 29.4 Å². The van der Waals surface area contributed by atoms with Gasteiger partial charge in [0.15, 0.2) is 0 Å². The molecule has 0 aliphatic rings. The number of carboxylic acid groups (broad SMARTS) is 2. The summed E-state index contributed by atoms with van der Waals surface area (Å²) in [6.07, 6.45) is 2.52. The second-order valence-electron chi connectivity index (χ2n) is 2.20. The molecule has 0 atom stereocenters. The minimum absolute atomic E-state index is 0.0628. The Morgan fingerprint density at radius 3 is 1.17 bits per heavy atom. The molecule has 4 N–H and O–H groups in total. The Labute approximate surface area is 104 Å². The zero-order valence-electron chi connectivity index (χ0n) is 9.77. The van der Waals surface area contributed by atoms with Crippen molar-refractivity contribution in [1.82, 2.24) is 0 Å². The Balaban J connectivity index is -0.000000102. The standard InChI is InChI=1S/C6H10O4.C2H4.2CHNO/c7-5(8)3-1-2-4-6(9)10;1-2;2*2-1-3/h1-4H2,(H,7,8)(H,9,10);1-2H2;2*2H. The first kappa shape index (κ1) is 24.6. The van der Waals surface area contributed by atoms with Crippen molar-refractivity contribution in [1.29, 1.82) is 10.8 Å². The molecule has 102 valence electrons. The second kappa shape index (κ2) is 29.3. The lowest BCUT2D eigenvalue weighted by atomic mass is 10.2. The van der Waals surface area contributed by atoms with E-state index in [2.05, 4.69) is 13.2 Å². The van der Waals surface area contributed by atoms with Crippen molar-refractivity contribution in [3.05, 3.63) is 13.2 Å². The van der Waals surface area contributed by atoms with E-state index in [0.717, 1.165) is 12.2 Å². The largest absolute Gasteiger partial charge is 0.481 e. The lowest BCUT2D eigenvalue weighted by Crippen LogP contribution is -1.97. The molecule has 0 fully saturated rings. The summed E-state index contributed by atoms with van der Waals surface area (Å²) >= 11 is 0. The number of hydrogen-bond acceptors (Lipinski definition) is 6. The first-order chi connectivity index (χ1) is 8.45. The highest BCUT2D eigenvalue weighted by Gasteiger charge is 1.99. The monoisotopic (exact) mass is 260 g/mol. The smallest absolute Gasteiger partial charge is 0.303 e. The summed E-state index contributed by atoms with van der Waals surface area (Å²) in [6.45, 7) is 6.00. The molecule has 0 aromatic carbocycles. The zero-order valence-corrected chi connectivity index (χ0v) is 9.77. The average Bonchev–Trinajstić information content (AvgIpc) is 2.29. The Bertz CT molecular complexity index is 250. The quantitative estimate of drug-likeness (QED) is 0.252. The van der Waals surface area contributed by atoms with Crippen molar-refractivity contribution in [2.45, 2.75) is 25.7 Å². The number of unbranched alkanes of at least 4 members (excludes halogenated alkanes) is 1. The number of rotatable bonds is 5. The van der Waals surface area contributed by atoms with Crippen LogP contribution in [0.4, 0.5) is 0 Å². The van der Waals surface area contributed by atoms with Gasteiger partial charge in [0.2, 0.25) is 12.2 Å². The third-order valence-electron chi connectivity index (χ3n) is 1.03. The fraction of sp³-hybridized carbons (Fsp3) is 0.400. The maximum absolute atomic E-state index is 9.90. The number of isocyanates is 2. The summed E-state index contributed by atoms with van der Waals surface area (Å²) in [6, 6.07) is 0. The van der Waals surface area contributed by atoms with E-state index in [9.17, 15) is 9.59 Å². The Hall–Kier alpha value is -2.56. The van der Waals surface area contributed by atoms with E-state index in [1.165, 1.54) is 0 Å². The van der Waals surface area contributed by atoms with Gasteiger partial charge in [-0.2, -0.15) is 0 Å². The maximum Gasteiger partial charge on any atom is 0.303 e. The van der Waals surface area contributed by atoms with Gasteiger partial charge in [-0.05, 0) is 12.8 Å². The molecule has 0 aromatic heterocycles. The van der Waals surface area contributed by atoms with E-state index in [0.29, 0.717) is 12.8 Å². The molecular weight excluding hydrogens is 244 g/mol. The zero-order chi connectivity index (χ0) is 15.4. The van der Waals surface area contributed by atoms with Gasteiger partial charge in [0.25, 0.3) is 0 Å². The molecule has 0 spiro atoms. The maximum atomic E-state index is 9.90. The highest BCUT2D eigenvalue weighted by atomic mass is 16.4. The summed E-state index contributed by atoms with van der Waals surface area (Å²) in [5.74, 6) is -1.74. The van der Waals surface area contributed by atoms with Crippen LogP contribution in [0.2, 0.25) is 0 Å². The lowest BCUT2D eigenvalue weighted by Gasteiger charge is -1.92. The number of nitrogens with one attached hydrogen (secondary N) is 2. The van der Waals surface area contributed by atoms with Crippen LogP contribution in [-0.2, 0) is 19.2 Å². The predicted molar refractivity (Wildman–Crippen MR) is 61.8 cm³/mol. The van der Waals surface area contributed by atoms with E-state index < -0.39 is 11.9 Å². The minimum atomic E-state index is -0.870. The Morgan fingerprint density at radius 1 is 0.889 bits per heavy atom. The van der Waals surface area contributed by atoms with E-state index in [4.69, 9.17) is 30.6 Å². The van der Waals surface area contributed by atoms with Gasteiger partial charge in [-0.25, -0.2) is 20.4 Å². The summed E-state index contributed by atoms with van der Waals surface area (Å²) < 4.78 is 0. The van der Waals surface area contributed by atoms with Crippen LogP contribution in [0.15, 0.2) is 13.2 Å². The molecule has 8 heteroatoms. The third kappa shape index (κ3) is 106. The molecule has 0 radical (unpaired) electrons. The molecule has 0 unspecified atom stereocenters. The Kier molecular flexibility index (Phi) is 40.0. The lowest BCUT2D eigenvalue weighted by molar-refractivity contribution is -0.139. The van der Waals surface area contributed by atoms with Crippen molar-refractivity contribution >= 4 is 24.1 Å². The van der Waals surface area contributed by atoms with Gasteiger partial charge in [-0.15, -0.1) is 13.2 Å². The summed E-state index contributed by atoms with van der Waals surface area (Å²) in [5, 5.41) is 27.1. The number of carbonyl (C=O) groups is 2. The van der Waals surface area contributed by atoms with Crippen molar-refractivity contribution in [2.75, 3.05) is 0 Å². The number of hydrogen-bond donors (Lipinski definition) is 4. The number of carboxylic acids is 2. The Morgan fingerprint density at radius 2 is 1.06 bits per heavy atom.